The monoisotopic (exact) mass is 452 g/mol. The van der Waals surface area contributed by atoms with E-state index in [2.05, 4.69) is 36.8 Å². The van der Waals surface area contributed by atoms with Gasteiger partial charge in [0.25, 0.3) is 0 Å². The van der Waals surface area contributed by atoms with Gasteiger partial charge in [0, 0.05) is 22.3 Å². The number of amides is 1. The third-order valence-corrected chi connectivity index (χ3v) is 6.42. The first-order valence-corrected chi connectivity index (χ1v) is 10.7. The van der Waals surface area contributed by atoms with Crippen molar-refractivity contribution in [3.63, 3.8) is 0 Å². The molecule has 0 bridgehead atoms. The molecule has 7 nitrogen and oxygen atoms in total. The molecular formula is C18H21BrN4O3S. The van der Waals surface area contributed by atoms with Crippen molar-refractivity contribution in [2.45, 2.75) is 31.7 Å². The number of benzene rings is 2. The van der Waals surface area contributed by atoms with Gasteiger partial charge in [-0.25, -0.2) is 19.3 Å². The van der Waals surface area contributed by atoms with Gasteiger partial charge in [0.1, 0.15) is 11.4 Å². The molecular weight excluding hydrogens is 432 g/mol. The third kappa shape index (κ3) is 4.86. The lowest BCUT2D eigenvalue weighted by atomic mass is 10.1. The number of carbonyl (C=O) groups excluding carboxylic acids is 1. The molecule has 1 heterocycles. The number of hydrazine groups is 1. The van der Waals surface area contributed by atoms with E-state index in [0.717, 1.165) is 21.3 Å². The number of hydrogen-bond acceptors (Lipinski definition) is 5. The van der Waals surface area contributed by atoms with E-state index in [-0.39, 0.29) is 12.3 Å². The Morgan fingerprint density at radius 3 is 2.52 bits per heavy atom. The van der Waals surface area contributed by atoms with E-state index in [4.69, 9.17) is 0 Å². The molecule has 4 N–H and O–H groups in total. The lowest BCUT2D eigenvalue weighted by Gasteiger charge is -2.14. The van der Waals surface area contributed by atoms with Crippen molar-refractivity contribution < 1.29 is 13.2 Å². The van der Waals surface area contributed by atoms with Crippen LogP contribution in [0, 0.1) is 13.8 Å². The Kier molecular flexibility index (Phi) is 5.85. The van der Waals surface area contributed by atoms with Crippen LogP contribution < -0.4 is 20.9 Å². The van der Waals surface area contributed by atoms with E-state index in [1.165, 1.54) is 0 Å². The second-order valence-electron chi connectivity index (χ2n) is 6.53. The number of halogens is 1. The average molecular weight is 453 g/mol. The second kappa shape index (κ2) is 7.97. The van der Waals surface area contributed by atoms with E-state index in [0.29, 0.717) is 5.69 Å². The summed E-state index contributed by atoms with van der Waals surface area (Å²) in [5.41, 5.74) is 8.64. The zero-order chi connectivity index (χ0) is 19.6. The topological polar surface area (TPSA) is 99.3 Å². The highest BCUT2D eigenvalue weighted by Gasteiger charge is 2.37. The molecule has 1 saturated heterocycles. The fraction of sp³-hybridized carbons (Fsp3) is 0.278. The van der Waals surface area contributed by atoms with Gasteiger partial charge in [-0.1, -0.05) is 28.1 Å². The van der Waals surface area contributed by atoms with Crippen LogP contribution in [0.5, 0.6) is 0 Å². The van der Waals surface area contributed by atoms with Crippen molar-refractivity contribution in [3.05, 3.63) is 58.1 Å². The smallest absolute Gasteiger partial charge is 0.250 e. The summed E-state index contributed by atoms with van der Waals surface area (Å²) in [5, 5.41) is 1.94. The van der Waals surface area contributed by atoms with Crippen molar-refractivity contribution in [3.8, 4) is 0 Å². The first-order valence-electron chi connectivity index (χ1n) is 8.41. The minimum absolute atomic E-state index is 0.114. The number of rotatable bonds is 5. The fourth-order valence-electron chi connectivity index (χ4n) is 2.75. The first-order chi connectivity index (χ1) is 12.7. The maximum Gasteiger partial charge on any atom is 0.250 e. The maximum absolute atomic E-state index is 12.6. The molecule has 0 spiro atoms. The van der Waals surface area contributed by atoms with Gasteiger partial charge in [0.05, 0.1) is 0 Å². The summed E-state index contributed by atoms with van der Waals surface area (Å²) < 4.78 is 28.5. The average Bonchev–Trinajstić information content (AvgIpc) is 3.11. The zero-order valence-corrected chi connectivity index (χ0v) is 17.3. The predicted molar refractivity (Wildman–Crippen MR) is 110 cm³/mol. The maximum atomic E-state index is 12.6. The molecule has 2 atom stereocenters. The number of hydrogen-bond donors (Lipinski definition) is 4. The highest BCUT2D eigenvalue weighted by atomic mass is 79.9. The van der Waals surface area contributed by atoms with Gasteiger partial charge in [0.2, 0.25) is 15.9 Å². The molecule has 9 heteroatoms. The summed E-state index contributed by atoms with van der Waals surface area (Å²) in [6.45, 7) is 3.85. The second-order valence-corrected chi connectivity index (χ2v) is 9.31. The predicted octanol–water partition coefficient (Wildman–Crippen LogP) is 2.64. The molecule has 3 rings (SSSR count). The van der Waals surface area contributed by atoms with E-state index in [9.17, 15) is 13.2 Å². The van der Waals surface area contributed by atoms with Crippen LogP contribution in [0.4, 0.5) is 11.4 Å². The van der Waals surface area contributed by atoms with Gasteiger partial charge in [-0.2, -0.15) is 0 Å². The summed E-state index contributed by atoms with van der Waals surface area (Å²) in [4.78, 5) is 12.5. The highest BCUT2D eigenvalue weighted by Crippen LogP contribution is 2.21. The van der Waals surface area contributed by atoms with E-state index in [1.807, 2.05) is 32.0 Å². The number of aryl methyl sites for hydroxylation is 2. The quantitative estimate of drug-likeness (QED) is 0.558. The van der Waals surface area contributed by atoms with Crippen LogP contribution in [0.1, 0.15) is 17.5 Å². The molecule has 1 amide bonds. The van der Waals surface area contributed by atoms with Crippen molar-refractivity contribution in [1.82, 2.24) is 10.9 Å². The molecule has 144 valence electrons. The van der Waals surface area contributed by atoms with Crippen molar-refractivity contribution in [2.75, 3.05) is 10.0 Å². The summed E-state index contributed by atoms with van der Waals surface area (Å²) in [7, 11) is -3.70. The van der Waals surface area contributed by atoms with Crippen LogP contribution in [0.25, 0.3) is 0 Å². The van der Waals surface area contributed by atoms with Crippen LogP contribution >= 0.6 is 15.9 Å². The molecule has 0 aromatic heterocycles. The summed E-state index contributed by atoms with van der Waals surface area (Å²) >= 11 is 3.31. The Morgan fingerprint density at radius 1 is 1.11 bits per heavy atom. The van der Waals surface area contributed by atoms with Gasteiger partial charge >= 0.3 is 0 Å². The minimum Gasteiger partial charge on any atom is -0.324 e. The number of carbonyl (C=O) groups is 1. The van der Waals surface area contributed by atoms with Gasteiger partial charge in [0.15, 0.2) is 0 Å². The van der Waals surface area contributed by atoms with Crippen molar-refractivity contribution >= 4 is 43.2 Å². The van der Waals surface area contributed by atoms with Crippen LogP contribution in [0.15, 0.2) is 46.9 Å². The van der Waals surface area contributed by atoms with Gasteiger partial charge in [-0.15, -0.1) is 0 Å². The Balaban J connectivity index is 1.64. The lowest BCUT2D eigenvalue weighted by molar-refractivity contribution is -0.117. The minimum atomic E-state index is -3.70. The van der Waals surface area contributed by atoms with E-state index in [1.54, 1.807) is 24.3 Å². The van der Waals surface area contributed by atoms with Gasteiger partial charge in [-0.05, 0) is 55.3 Å². The third-order valence-electron chi connectivity index (χ3n) is 4.31. The van der Waals surface area contributed by atoms with Crippen LogP contribution in [-0.4, -0.2) is 25.7 Å². The van der Waals surface area contributed by atoms with Gasteiger partial charge < -0.3 is 5.32 Å². The molecule has 1 fully saturated rings. The molecule has 2 aromatic rings. The normalized spacial score (nSPS) is 19.7. The number of sulfonamides is 1. The molecule has 0 saturated carbocycles. The fourth-order valence-corrected chi connectivity index (χ4v) is 4.29. The van der Waals surface area contributed by atoms with Gasteiger partial charge in [-0.3, -0.25) is 9.52 Å². The molecule has 2 aromatic carbocycles. The molecule has 1 aliphatic heterocycles. The first kappa shape index (κ1) is 19.8. The Morgan fingerprint density at radius 2 is 1.81 bits per heavy atom. The molecule has 0 radical (unpaired) electrons. The Hall–Kier alpha value is -1.94. The largest absolute Gasteiger partial charge is 0.324 e. The van der Waals surface area contributed by atoms with Crippen molar-refractivity contribution in [1.29, 1.82) is 0 Å². The Bertz CT molecular complexity index is 948. The van der Waals surface area contributed by atoms with Crippen LogP contribution in [0.3, 0.4) is 0 Å². The summed E-state index contributed by atoms with van der Waals surface area (Å²) in [6.07, 6.45) is 0.114. The lowest BCUT2D eigenvalue weighted by Crippen LogP contribution is -2.42. The van der Waals surface area contributed by atoms with Crippen molar-refractivity contribution in [2.24, 2.45) is 0 Å². The number of anilines is 2. The molecule has 1 aliphatic rings. The number of nitrogens with one attached hydrogen (secondary N) is 4. The molecule has 2 unspecified atom stereocenters. The SMILES string of the molecule is Cc1ccc(C)c(NC(=O)C2CC(S(=O)(=O)Nc3ccc(Br)cc3)NN2)c1. The van der Waals surface area contributed by atoms with E-state index < -0.39 is 21.4 Å². The highest BCUT2D eigenvalue weighted by molar-refractivity contribution is 9.10. The molecule has 0 aliphatic carbocycles. The Labute approximate surface area is 167 Å². The van der Waals surface area contributed by atoms with Crippen LogP contribution in [-0.2, 0) is 14.8 Å². The standard InChI is InChI=1S/C18H21BrN4O3S/c1-11-3-4-12(2)15(9-11)20-18(24)16-10-17(22-21-16)27(25,26)23-14-7-5-13(19)6-8-14/h3-9,16-17,21-23H,10H2,1-2H3,(H,20,24). The summed E-state index contributed by atoms with van der Waals surface area (Å²) in [6, 6.07) is 12.0. The van der Waals surface area contributed by atoms with Crippen LogP contribution in [0.2, 0.25) is 0 Å². The molecule has 27 heavy (non-hydrogen) atoms. The summed E-state index contributed by atoms with van der Waals surface area (Å²) in [5.74, 6) is -0.280. The zero-order valence-electron chi connectivity index (χ0n) is 14.9. The van der Waals surface area contributed by atoms with E-state index >= 15 is 0 Å².